The first-order valence-electron chi connectivity index (χ1n) is 12.7. The van der Waals surface area contributed by atoms with Gasteiger partial charge in [0, 0.05) is 50.5 Å². The Morgan fingerprint density at radius 1 is 1.10 bits per heavy atom. The first-order valence-corrected chi connectivity index (χ1v) is 13.5. The van der Waals surface area contributed by atoms with Gasteiger partial charge in [0.2, 0.25) is 0 Å². The van der Waals surface area contributed by atoms with E-state index in [1.54, 1.807) is 63.5 Å². The van der Waals surface area contributed by atoms with Gasteiger partial charge in [-0.3, -0.25) is 14.6 Å². The quantitative estimate of drug-likeness (QED) is 0.494. The summed E-state index contributed by atoms with van der Waals surface area (Å²) in [6.45, 7) is 5.80. The summed E-state index contributed by atoms with van der Waals surface area (Å²) in [5, 5.41) is 3.45. The van der Waals surface area contributed by atoms with Crippen LogP contribution in [0.25, 0.3) is 0 Å². The van der Waals surface area contributed by atoms with E-state index in [0.29, 0.717) is 59.3 Å². The SMILES string of the molecule is CCOC(=O)C1=C(CN2CCN(C(=O)c3ccc(OC)cc3)C(C)C2)N(C)C(=O)NC1c1cccc(Cl)c1Cl. The van der Waals surface area contributed by atoms with Gasteiger partial charge in [-0.05, 0) is 49.7 Å². The van der Waals surface area contributed by atoms with Crippen molar-refractivity contribution in [3.8, 4) is 5.75 Å². The number of rotatable bonds is 7. The van der Waals surface area contributed by atoms with Crippen LogP contribution in [-0.4, -0.2) is 85.6 Å². The maximum absolute atomic E-state index is 13.3. The van der Waals surface area contributed by atoms with Gasteiger partial charge in [0.1, 0.15) is 5.75 Å². The number of halogens is 2. The standard InChI is InChI=1S/C28H32Cl2N4O5/c1-5-39-27(36)23-22(32(3)28(37)31-25(23)20-7-6-8-21(29)24(20)30)16-33-13-14-34(17(2)15-33)26(35)18-9-11-19(38-4)12-10-18/h6-12,17,25H,5,13-16H2,1-4H3,(H,31,37). The van der Waals surface area contributed by atoms with Gasteiger partial charge in [-0.2, -0.15) is 0 Å². The lowest BCUT2D eigenvalue weighted by Gasteiger charge is -2.42. The monoisotopic (exact) mass is 574 g/mol. The number of methoxy groups -OCH3 is 1. The van der Waals surface area contributed by atoms with E-state index in [0.717, 1.165) is 0 Å². The molecule has 39 heavy (non-hydrogen) atoms. The maximum atomic E-state index is 13.3. The molecule has 0 aliphatic carbocycles. The second kappa shape index (κ2) is 12.3. The molecular weight excluding hydrogens is 543 g/mol. The van der Waals surface area contributed by atoms with Crippen molar-refractivity contribution in [3.05, 3.63) is 74.9 Å². The Hall–Kier alpha value is -3.27. The summed E-state index contributed by atoms with van der Waals surface area (Å²) in [5.41, 5.74) is 1.91. The molecule has 11 heteroatoms. The molecule has 2 aliphatic rings. The zero-order valence-corrected chi connectivity index (χ0v) is 23.9. The third-order valence-corrected chi connectivity index (χ3v) is 7.88. The van der Waals surface area contributed by atoms with E-state index in [9.17, 15) is 14.4 Å². The van der Waals surface area contributed by atoms with Crippen LogP contribution in [-0.2, 0) is 9.53 Å². The van der Waals surface area contributed by atoms with Crippen LogP contribution < -0.4 is 10.1 Å². The fraction of sp³-hybridized carbons (Fsp3) is 0.393. The fourth-order valence-electron chi connectivity index (χ4n) is 4.96. The highest BCUT2D eigenvalue weighted by Gasteiger charge is 2.39. The van der Waals surface area contributed by atoms with Crippen molar-refractivity contribution in [1.29, 1.82) is 0 Å². The first kappa shape index (κ1) is 28.7. The molecule has 1 N–H and O–H groups in total. The van der Waals surface area contributed by atoms with Gasteiger partial charge in [-0.25, -0.2) is 9.59 Å². The molecule has 1 saturated heterocycles. The Labute approximate surface area is 238 Å². The average molecular weight is 575 g/mol. The largest absolute Gasteiger partial charge is 0.497 e. The van der Waals surface area contributed by atoms with Crippen LogP contribution in [0.3, 0.4) is 0 Å². The third-order valence-electron chi connectivity index (χ3n) is 7.05. The van der Waals surface area contributed by atoms with Gasteiger partial charge < -0.3 is 19.7 Å². The average Bonchev–Trinajstić information content (AvgIpc) is 2.92. The molecule has 0 aromatic heterocycles. The van der Waals surface area contributed by atoms with E-state index in [-0.39, 0.29) is 29.6 Å². The van der Waals surface area contributed by atoms with E-state index >= 15 is 0 Å². The van der Waals surface area contributed by atoms with Crippen molar-refractivity contribution in [2.75, 3.05) is 46.9 Å². The summed E-state index contributed by atoms with van der Waals surface area (Å²) < 4.78 is 10.6. The molecule has 2 aromatic rings. The van der Waals surface area contributed by atoms with Gasteiger partial charge in [0.15, 0.2) is 0 Å². The van der Waals surface area contributed by atoms with Crippen LogP contribution in [0.15, 0.2) is 53.7 Å². The number of likely N-dealkylation sites (N-methyl/N-ethyl adjacent to an activating group) is 1. The number of nitrogens with zero attached hydrogens (tertiary/aromatic N) is 3. The molecule has 2 unspecified atom stereocenters. The number of piperazine rings is 1. The number of hydrogen-bond donors (Lipinski definition) is 1. The van der Waals surface area contributed by atoms with Gasteiger partial charge >= 0.3 is 12.0 Å². The minimum Gasteiger partial charge on any atom is -0.497 e. The zero-order valence-electron chi connectivity index (χ0n) is 22.4. The van der Waals surface area contributed by atoms with Gasteiger partial charge in [0.05, 0.1) is 35.4 Å². The molecule has 0 spiro atoms. The molecule has 0 bridgehead atoms. The minimum atomic E-state index is -0.829. The van der Waals surface area contributed by atoms with Gasteiger partial charge in [0.25, 0.3) is 5.91 Å². The minimum absolute atomic E-state index is 0.0546. The van der Waals surface area contributed by atoms with E-state index in [2.05, 4.69) is 10.2 Å². The zero-order chi connectivity index (χ0) is 28.3. The molecule has 208 valence electrons. The predicted octanol–water partition coefficient (Wildman–Crippen LogP) is 4.36. The lowest BCUT2D eigenvalue weighted by Crippen LogP contribution is -2.56. The lowest BCUT2D eigenvalue weighted by atomic mass is 9.94. The van der Waals surface area contributed by atoms with E-state index in [1.165, 1.54) is 4.90 Å². The summed E-state index contributed by atoms with van der Waals surface area (Å²) in [6.07, 6.45) is 0. The Bertz CT molecular complexity index is 1280. The number of urea groups is 1. The molecule has 1 fully saturated rings. The molecule has 0 radical (unpaired) electrons. The van der Waals surface area contributed by atoms with E-state index in [1.807, 2.05) is 11.8 Å². The van der Waals surface area contributed by atoms with Crippen molar-refractivity contribution in [3.63, 3.8) is 0 Å². The summed E-state index contributed by atoms with van der Waals surface area (Å²) in [4.78, 5) is 44.9. The number of benzene rings is 2. The van der Waals surface area contributed by atoms with Crippen LogP contribution in [0.1, 0.15) is 35.8 Å². The van der Waals surface area contributed by atoms with Crippen molar-refractivity contribution >= 4 is 41.1 Å². The molecule has 9 nitrogen and oxygen atoms in total. The molecule has 2 heterocycles. The first-order chi connectivity index (χ1) is 18.7. The van der Waals surface area contributed by atoms with Gasteiger partial charge in [-0.1, -0.05) is 35.3 Å². The van der Waals surface area contributed by atoms with Crippen LogP contribution >= 0.6 is 23.2 Å². The summed E-state index contributed by atoms with van der Waals surface area (Å²) in [6, 6.07) is 10.8. The van der Waals surface area contributed by atoms with Crippen LogP contribution in [0.4, 0.5) is 4.79 Å². The summed E-state index contributed by atoms with van der Waals surface area (Å²) in [5.74, 6) is 0.0934. The number of ether oxygens (including phenoxy) is 2. The number of amides is 3. The summed E-state index contributed by atoms with van der Waals surface area (Å²) >= 11 is 12.8. The molecule has 4 rings (SSSR count). The van der Waals surface area contributed by atoms with E-state index < -0.39 is 12.0 Å². The Kier molecular flexibility index (Phi) is 9.04. The van der Waals surface area contributed by atoms with Crippen LogP contribution in [0.2, 0.25) is 10.0 Å². The Morgan fingerprint density at radius 2 is 1.82 bits per heavy atom. The molecule has 3 amide bonds. The highest BCUT2D eigenvalue weighted by Crippen LogP contribution is 2.37. The molecule has 2 aliphatic heterocycles. The summed E-state index contributed by atoms with van der Waals surface area (Å²) in [7, 11) is 3.20. The number of esters is 1. The van der Waals surface area contributed by atoms with Gasteiger partial charge in [-0.15, -0.1) is 0 Å². The molecule has 2 atom stereocenters. The van der Waals surface area contributed by atoms with E-state index in [4.69, 9.17) is 32.7 Å². The van der Waals surface area contributed by atoms with Crippen LogP contribution in [0.5, 0.6) is 5.75 Å². The molecular formula is C28H32Cl2N4O5. The third kappa shape index (κ3) is 6.00. The lowest BCUT2D eigenvalue weighted by molar-refractivity contribution is -0.139. The Morgan fingerprint density at radius 3 is 2.46 bits per heavy atom. The second-order valence-electron chi connectivity index (χ2n) is 9.48. The second-order valence-corrected chi connectivity index (χ2v) is 10.3. The number of carbonyl (C=O) groups excluding carboxylic acids is 3. The van der Waals surface area contributed by atoms with Crippen molar-refractivity contribution in [2.45, 2.75) is 25.9 Å². The predicted molar refractivity (Wildman–Crippen MR) is 149 cm³/mol. The highest BCUT2D eigenvalue weighted by atomic mass is 35.5. The maximum Gasteiger partial charge on any atom is 0.338 e. The normalized spacial score (nSPS) is 20.1. The molecule has 2 aromatic carbocycles. The number of carbonyl (C=O) groups is 3. The highest BCUT2D eigenvalue weighted by molar-refractivity contribution is 6.42. The number of nitrogens with one attached hydrogen (secondary N) is 1. The van der Waals surface area contributed by atoms with Crippen molar-refractivity contribution < 1.29 is 23.9 Å². The van der Waals surface area contributed by atoms with Crippen LogP contribution in [0, 0.1) is 0 Å². The number of hydrogen-bond acceptors (Lipinski definition) is 6. The smallest absolute Gasteiger partial charge is 0.338 e. The fourth-order valence-corrected chi connectivity index (χ4v) is 5.38. The topological polar surface area (TPSA) is 91.4 Å². The molecule has 0 saturated carbocycles. The van der Waals surface area contributed by atoms with Crippen molar-refractivity contribution in [2.24, 2.45) is 0 Å². The van der Waals surface area contributed by atoms with Crippen molar-refractivity contribution in [1.82, 2.24) is 20.0 Å². The Balaban J connectivity index is 1.60.